The van der Waals surface area contributed by atoms with Crippen molar-refractivity contribution in [2.24, 2.45) is 0 Å². The first-order chi connectivity index (χ1) is 9.51. The maximum atomic E-state index is 14.1. The van der Waals surface area contributed by atoms with Crippen LogP contribution >= 0.6 is 15.9 Å². The number of rotatable bonds is 5. The first-order valence-electron chi connectivity index (χ1n) is 6.47. The lowest BCUT2D eigenvalue weighted by Crippen LogP contribution is -2.50. The number of nitrogens with one attached hydrogen (secondary N) is 1. The number of benzene rings is 1. The lowest BCUT2D eigenvalue weighted by atomic mass is 9.89. The van der Waals surface area contributed by atoms with Crippen LogP contribution in [0.2, 0.25) is 0 Å². The van der Waals surface area contributed by atoms with Crippen molar-refractivity contribution in [2.45, 2.75) is 44.4 Å². The third-order valence-corrected chi connectivity index (χ3v) is 5.45. The molecular formula is C14H20BrF2NO2S. The molecule has 1 aromatic carbocycles. The summed E-state index contributed by atoms with van der Waals surface area (Å²) in [5, 5.41) is 9.25. The average molecular weight is 384 g/mol. The van der Waals surface area contributed by atoms with Crippen molar-refractivity contribution in [2.75, 3.05) is 6.61 Å². The van der Waals surface area contributed by atoms with Gasteiger partial charge in [-0.3, -0.25) is 0 Å². The standard InChI is InChI=1S/C14H20BrF2NO2S/c1-13(2,3)21(20)18-14(4,5-6-19)9-7-10(15)12(17)8-11(9)16/h7-8,18-19H,5-6H2,1-4H3/t14-,21+/m0/s1. The van der Waals surface area contributed by atoms with E-state index < -0.39 is 33.3 Å². The molecule has 0 saturated heterocycles. The van der Waals surface area contributed by atoms with Crippen LogP contribution in [0.15, 0.2) is 16.6 Å². The van der Waals surface area contributed by atoms with E-state index in [1.165, 1.54) is 6.07 Å². The van der Waals surface area contributed by atoms with Crippen molar-refractivity contribution in [3.05, 3.63) is 33.8 Å². The van der Waals surface area contributed by atoms with Crippen LogP contribution in [0.1, 0.15) is 39.7 Å². The van der Waals surface area contributed by atoms with E-state index in [4.69, 9.17) is 0 Å². The summed E-state index contributed by atoms with van der Waals surface area (Å²) in [7, 11) is 0. The second-order valence-electron chi connectivity index (χ2n) is 6.04. The predicted octanol–water partition coefficient (Wildman–Crippen LogP) is 3.38. The summed E-state index contributed by atoms with van der Waals surface area (Å²) in [5.41, 5.74) is -0.921. The van der Waals surface area contributed by atoms with E-state index in [9.17, 15) is 18.4 Å². The topological polar surface area (TPSA) is 55.3 Å². The average Bonchev–Trinajstić information content (AvgIpc) is 2.32. The van der Waals surface area contributed by atoms with Gasteiger partial charge in [0.2, 0.25) is 0 Å². The normalized spacial score (nSPS) is 16.6. The van der Waals surface area contributed by atoms with Gasteiger partial charge in [0, 0.05) is 29.6 Å². The molecule has 2 atom stereocenters. The van der Waals surface area contributed by atoms with Crippen molar-refractivity contribution in [3.63, 3.8) is 0 Å². The number of halogens is 3. The zero-order chi connectivity index (χ0) is 16.4. The Balaban J connectivity index is 3.25. The molecular weight excluding hydrogens is 364 g/mol. The Kier molecular flexibility index (Phi) is 6.20. The van der Waals surface area contributed by atoms with Gasteiger partial charge in [0.25, 0.3) is 0 Å². The van der Waals surface area contributed by atoms with Gasteiger partial charge in [0.05, 0.1) is 10.0 Å². The third kappa shape index (κ3) is 4.63. The molecule has 0 fully saturated rings. The van der Waals surface area contributed by atoms with E-state index in [0.717, 1.165) is 6.07 Å². The van der Waals surface area contributed by atoms with E-state index in [0.29, 0.717) is 0 Å². The monoisotopic (exact) mass is 383 g/mol. The highest BCUT2D eigenvalue weighted by Gasteiger charge is 2.38. The van der Waals surface area contributed by atoms with Crippen molar-refractivity contribution in [1.29, 1.82) is 0 Å². The second-order valence-corrected chi connectivity index (χ2v) is 8.86. The molecule has 0 heterocycles. The van der Waals surface area contributed by atoms with Crippen molar-refractivity contribution < 1.29 is 18.4 Å². The minimum absolute atomic E-state index is 0.117. The van der Waals surface area contributed by atoms with Gasteiger partial charge in [0.15, 0.2) is 0 Å². The summed E-state index contributed by atoms with van der Waals surface area (Å²) in [6.45, 7) is 6.76. The van der Waals surface area contributed by atoms with Crippen LogP contribution in [0, 0.1) is 11.6 Å². The van der Waals surface area contributed by atoms with Crippen LogP contribution in [-0.4, -0.2) is 21.0 Å². The van der Waals surface area contributed by atoms with Crippen LogP contribution in [0.4, 0.5) is 8.78 Å². The van der Waals surface area contributed by atoms with Crippen molar-refractivity contribution in [3.8, 4) is 0 Å². The molecule has 0 bridgehead atoms. The van der Waals surface area contributed by atoms with E-state index in [-0.39, 0.29) is 23.1 Å². The van der Waals surface area contributed by atoms with Crippen molar-refractivity contribution >= 4 is 27.3 Å². The minimum atomic E-state index is -1.47. The largest absolute Gasteiger partial charge is 0.598 e. The molecule has 0 aromatic heterocycles. The van der Waals surface area contributed by atoms with Gasteiger partial charge in [-0.1, -0.05) is 0 Å². The van der Waals surface area contributed by atoms with E-state index in [1.54, 1.807) is 27.7 Å². The maximum absolute atomic E-state index is 14.1. The summed E-state index contributed by atoms with van der Waals surface area (Å²) in [4.78, 5) is 0. The lowest BCUT2D eigenvalue weighted by molar-refractivity contribution is 0.234. The smallest absolute Gasteiger partial charge is 0.140 e. The van der Waals surface area contributed by atoms with E-state index in [2.05, 4.69) is 20.7 Å². The van der Waals surface area contributed by atoms with Crippen molar-refractivity contribution in [1.82, 2.24) is 4.72 Å². The van der Waals surface area contributed by atoms with Gasteiger partial charge in [-0.05, 0) is 56.1 Å². The number of hydrogen-bond acceptors (Lipinski definition) is 3. The molecule has 1 aromatic rings. The molecule has 21 heavy (non-hydrogen) atoms. The minimum Gasteiger partial charge on any atom is -0.598 e. The number of aliphatic hydroxyl groups is 1. The highest BCUT2D eigenvalue weighted by atomic mass is 79.9. The molecule has 0 aliphatic rings. The van der Waals surface area contributed by atoms with Gasteiger partial charge in [-0.25, -0.2) is 8.78 Å². The van der Waals surface area contributed by atoms with Gasteiger partial charge >= 0.3 is 0 Å². The molecule has 2 N–H and O–H groups in total. The van der Waals surface area contributed by atoms with Crippen LogP contribution in [0.5, 0.6) is 0 Å². The van der Waals surface area contributed by atoms with E-state index in [1.807, 2.05) is 0 Å². The fraction of sp³-hybridized carbons (Fsp3) is 0.571. The molecule has 0 unspecified atom stereocenters. The Morgan fingerprint density at radius 1 is 1.24 bits per heavy atom. The Hall–Kier alpha value is -0.210. The zero-order valence-electron chi connectivity index (χ0n) is 12.5. The molecule has 0 aliphatic carbocycles. The Morgan fingerprint density at radius 3 is 2.29 bits per heavy atom. The Labute approximate surface area is 135 Å². The Bertz CT molecular complexity index is 510. The maximum Gasteiger partial charge on any atom is 0.140 e. The summed E-state index contributed by atoms with van der Waals surface area (Å²) in [5.74, 6) is -1.45. The van der Waals surface area contributed by atoms with Gasteiger partial charge in [-0.2, -0.15) is 0 Å². The third-order valence-electron chi connectivity index (χ3n) is 3.09. The lowest BCUT2D eigenvalue weighted by Gasteiger charge is -2.35. The van der Waals surface area contributed by atoms with E-state index >= 15 is 0 Å². The molecule has 0 spiro atoms. The fourth-order valence-electron chi connectivity index (χ4n) is 1.77. The van der Waals surface area contributed by atoms with Gasteiger partial charge in [-0.15, -0.1) is 4.72 Å². The molecule has 3 nitrogen and oxygen atoms in total. The number of aliphatic hydroxyl groups excluding tert-OH is 1. The summed E-state index contributed by atoms with van der Waals surface area (Å²) >= 11 is 1.56. The SMILES string of the molecule is CC(C)(C)[S@@+]([O-])N[C@@](C)(CCO)c1cc(Br)c(F)cc1F. The molecule has 1 rings (SSSR count). The quantitative estimate of drug-likeness (QED) is 0.605. The number of hydrogen-bond donors (Lipinski definition) is 2. The fourth-order valence-corrected chi connectivity index (χ4v) is 3.04. The predicted molar refractivity (Wildman–Crippen MR) is 84.1 cm³/mol. The second kappa shape index (κ2) is 6.91. The van der Waals surface area contributed by atoms with Gasteiger partial charge in [0.1, 0.15) is 16.4 Å². The first kappa shape index (κ1) is 18.8. The highest BCUT2D eigenvalue weighted by Crippen LogP contribution is 2.33. The molecule has 0 aliphatic heterocycles. The molecule has 7 heteroatoms. The van der Waals surface area contributed by atoms with Crippen LogP contribution in [-0.2, 0) is 16.9 Å². The summed E-state index contributed by atoms with van der Waals surface area (Å²) < 4.78 is 42.2. The molecule has 0 amide bonds. The summed E-state index contributed by atoms with van der Waals surface area (Å²) in [6, 6.07) is 2.09. The van der Waals surface area contributed by atoms with Gasteiger partial charge < -0.3 is 9.66 Å². The molecule has 120 valence electrons. The highest BCUT2D eigenvalue weighted by molar-refractivity contribution is 9.10. The molecule has 0 saturated carbocycles. The van der Waals surface area contributed by atoms with Crippen LogP contribution in [0.25, 0.3) is 0 Å². The molecule has 0 radical (unpaired) electrons. The summed E-state index contributed by atoms with van der Waals surface area (Å²) in [6.07, 6.45) is 0.143. The Morgan fingerprint density at radius 2 is 1.81 bits per heavy atom. The zero-order valence-corrected chi connectivity index (χ0v) is 14.9. The van der Waals surface area contributed by atoms with Crippen LogP contribution < -0.4 is 4.72 Å². The van der Waals surface area contributed by atoms with Crippen LogP contribution in [0.3, 0.4) is 0 Å². The first-order valence-corrected chi connectivity index (χ1v) is 8.41.